The first-order valence-corrected chi connectivity index (χ1v) is 9.95. The summed E-state index contributed by atoms with van der Waals surface area (Å²) in [6.45, 7) is 9.80. The van der Waals surface area contributed by atoms with Gasteiger partial charge < -0.3 is 16.4 Å². The Kier molecular flexibility index (Phi) is 13.2. The van der Waals surface area contributed by atoms with E-state index in [2.05, 4.69) is 46.7 Å². The second-order valence-electron chi connectivity index (χ2n) is 8.06. The molecule has 1 unspecified atom stereocenters. The molecule has 0 spiro atoms. The fraction of sp³-hybridized carbons (Fsp3) is 0.619. The molecule has 2 rings (SSSR count). The molecule has 1 aliphatic rings. The molecule has 0 radical (unpaired) electrons. The summed E-state index contributed by atoms with van der Waals surface area (Å²) in [5, 5.41) is 5.40. The van der Waals surface area contributed by atoms with Gasteiger partial charge in [0.2, 0.25) is 11.8 Å². The lowest BCUT2D eigenvalue weighted by molar-refractivity contribution is -0.127. The number of benzene rings is 1. The van der Waals surface area contributed by atoms with Crippen LogP contribution in [0.15, 0.2) is 24.3 Å². The van der Waals surface area contributed by atoms with Crippen LogP contribution in [0.3, 0.4) is 0 Å². The van der Waals surface area contributed by atoms with Gasteiger partial charge in [-0.15, -0.1) is 24.8 Å². The van der Waals surface area contributed by atoms with E-state index in [-0.39, 0.29) is 49.1 Å². The number of piperidine rings is 1. The fourth-order valence-corrected chi connectivity index (χ4v) is 3.30. The van der Waals surface area contributed by atoms with Crippen molar-refractivity contribution >= 4 is 36.6 Å². The number of nitrogens with zero attached hydrogens (tertiary/aromatic N) is 1. The van der Waals surface area contributed by atoms with Crippen molar-refractivity contribution in [3.05, 3.63) is 35.4 Å². The number of rotatable bonds is 8. The van der Waals surface area contributed by atoms with Gasteiger partial charge in [-0.25, -0.2) is 0 Å². The van der Waals surface area contributed by atoms with Crippen molar-refractivity contribution < 1.29 is 9.59 Å². The molecule has 2 amide bonds. The van der Waals surface area contributed by atoms with E-state index < -0.39 is 6.04 Å². The van der Waals surface area contributed by atoms with Crippen LogP contribution < -0.4 is 16.4 Å². The monoisotopic (exact) mass is 446 g/mol. The van der Waals surface area contributed by atoms with Gasteiger partial charge in [0.15, 0.2) is 0 Å². The molecule has 0 saturated carbocycles. The van der Waals surface area contributed by atoms with Gasteiger partial charge in [0, 0.05) is 19.6 Å². The topological polar surface area (TPSA) is 87.5 Å². The van der Waals surface area contributed by atoms with E-state index in [9.17, 15) is 9.59 Å². The van der Waals surface area contributed by atoms with E-state index in [0.29, 0.717) is 6.54 Å². The molecule has 1 aliphatic heterocycles. The van der Waals surface area contributed by atoms with Crippen LogP contribution in [0.5, 0.6) is 0 Å². The lowest BCUT2D eigenvalue weighted by Crippen LogP contribution is -2.47. The largest absolute Gasteiger partial charge is 0.350 e. The second-order valence-corrected chi connectivity index (χ2v) is 8.06. The highest BCUT2D eigenvalue weighted by Gasteiger charge is 2.18. The molecule has 0 aromatic heterocycles. The van der Waals surface area contributed by atoms with E-state index in [1.54, 1.807) is 0 Å². The molecule has 0 bridgehead atoms. The molecule has 4 N–H and O–H groups in total. The Morgan fingerprint density at radius 2 is 1.76 bits per heavy atom. The van der Waals surface area contributed by atoms with E-state index in [1.807, 2.05) is 13.8 Å². The third kappa shape index (κ3) is 9.81. The number of amides is 2. The van der Waals surface area contributed by atoms with Crippen LogP contribution in [0.25, 0.3) is 0 Å². The summed E-state index contributed by atoms with van der Waals surface area (Å²) in [6.07, 6.45) is 2.61. The summed E-state index contributed by atoms with van der Waals surface area (Å²) < 4.78 is 0. The molecule has 2 atom stereocenters. The molecular weight excluding hydrogens is 411 g/mol. The number of nitrogens with two attached hydrogens (primary N) is 1. The van der Waals surface area contributed by atoms with E-state index >= 15 is 0 Å². The van der Waals surface area contributed by atoms with Crippen LogP contribution in [0.2, 0.25) is 0 Å². The molecule has 1 heterocycles. The zero-order valence-electron chi connectivity index (χ0n) is 17.6. The van der Waals surface area contributed by atoms with Crippen molar-refractivity contribution in [2.24, 2.45) is 17.6 Å². The van der Waals surface area contributed by atoms with Crippen molar-refractivity contribution in [3.8, 4) is 0 Å². The van der Waals surface area contributed by atoms with Crippen LogP contribution in [0, 0.1) is 11.8 Å². The Morgan fingerprint density at radius 3 is 2.34 bits per heavy atom. The minimum absolute atomic E-state index is 0. The van der Waals surface area contributed by atoms with Crippen molar-refractivity contribution in [2.45, 2.75) is 52.7 Å². The molecule has 166 valence electrons. The highest BCUT2D eigenvalue weighted by atomic mass is 35.5. The van der Waals surface area contributed by atoms with Crippen molar-refractivity contribution in [3.63, 3.8) is 0 Å². The molecule has 1 aromatic carbocycles. The average molecular weight is 447 g/mol. The van der Waals surface area contributed by atoms with Gasteiger partial charge in [0.1, 0.15) is 0 Å². The van der Waals surface area contributed by atoms with Crippen LogP contribution in [0.4, 0.5) is 0 Å². The lowest BCUT2D eigenvalue weighted by atomic mass is 9.99. The van der Waals surface area contributed by atoms with E-state index in [0.717, 1.165) is 18.0 Å². The number of nitrogens with one attached hydrogen (secondary N) is 2. The number of likely N-dealkylation sites (tertiary alicyclic amines) is 1. The molecule has 29 heavy (non-hydrogen) atoms. The quantitative estimate of drug-likeness (QED) is 0.572. The molecule has 8 heteroatoms. The second kappa shape index (κ2) is 13.8. The summed E-state index contributed by atoms with van der Waals surface area (Å²) >= 11 is 0. The van der Waals surface area contributed by atoms with Gasteiger partial charge in [0.05, 0.1) is 12.6 Å². The Morgan fingerprint density at radius 1 is 1.14 bits per heavy atom. The molecular formula is C21H36Cl2N4O2. The van der Waals surface area contributed by atoms with E-state index in [1.165, 1.54) is 31.5 Å². The maximum absolute atomic E-state index is 11.9. The number of hydrogen-bond acceptors (Lipinski definition) is 4. The SMILES string of the molecule is CC1CCCN(Cc2ccc(CNC(=O)CNC(=O)[C@@H](N)C(C)C)cc2)C1.Cl.Cl. The first-order valence-electron chi connectivity index (χ1n) is 9.95. The standard InChI is InChI=1S/C21H34N4O2.2ClH/c1-15(2)20(22)21(27)24-12-19(26)23-11-17-6-8-18(9-7-17)14-25-10-4-5-16(3)13-25;;/h6-9,15-16,20H,4-5,10-14,22H2,1-3H3,(H,23,26)(H,24,27);2*1H/t16?,20-;;/m0../s1. The average Bonchev–Trinajstić information content (AvgIpc) is 2.64. The van der Waals surface area contributed by atoms with Gasteiger partial charge in [-0.3, -0.25) is 14.5 Å². The van der Waals surface area contributed by atoms with Gasteiger partial charge in [-0.2, -0.15) is 0 Å². The highest BCUT2D eigenvalue weighted by Crippen LogP contribution is 2.18. The Hall–Kier alpha value is -1.34. The number of halogens is 2. The fourth-order valence-electron chi connectivity index (χ4n) is 3.30. The Labute approximate surface area is 187 Å². The first kappa shape index (κ1) is 27.7. The van der Waals surface area contributed by atoms with Crippen molar-refractivity contribution in [2.75, 3.05) is 19.6 Å². The van der Waals surface area contributed by atoms with E-state index in [4.69, 9.17) is 5.73 Å². The van der Waals surface area contributed by atoms with Crippen LogP contribution >= 0.6 is 24.8 Å². The van der Waals surface area contributed by atoms with Gasteiger partial charge >= 0.3 is 0 Å². The van der Waals surface area contributed by atoms with Gasteiger partial charge in [-0.1, -0.05) is 45.0 Å². The minimum atomic E-state index is -0.590. The molecule has 0 aliphatic carbocycles. The maximum atomic E-state index is 11.9. The predicted octanol–water partition coefficient (Wildman–Crippen LogP) is 2.48. The summed E-state index contributed by atoms with van der Waals surface area (Å²) in [5.41, 5.74) is 8.10. The third-order valence-corrected chi connectivity index (χ3v) is 5.10. The van der Waals surface area contributed by atoms with Crippen LogP contribution in [-0.4, -0.2) is 42.4 Å². The number of carbonyl (C=O) groups excluding carboxylic acids is 2. The third-order valence-electron chi connectivity index (χ3n) is 5.10. The van der Waals surface area contributed by atoms with Crippen molar-refractivity contribution in [1.82, 2.24) is 15.5 Å². The van der Waals surface area contributed by atoms with Crippen molar-refractivity contribution in [1.29, 1.82) is 0 Å². The van der Waals surface area contributed by atoms with Crippen LogP contribution in [-0.2, 0) is 22.7 Å². The van der Waals surface area contributed by atoms with Gasteiger partial charge in [-0.05, 0) is 42.3 Å². The first-order chi connectivity index (χ1) is 12.8. The molecule has 1 fully saturated rings. The maximum Gasteiger partial charge on any atom is 0.239 e. The highest BCUT2D eigenvalue weighted by molar-refractivity contribution is 5.87. The zero-order chi connectivity index (χ0) is 19.8. The summed E-state index contributed by atoms with van der Waals surface area (Å²) in [7, 11) is 0. The smallest absolute Gasteiger partial charge is 0.239 e. The normalized spacial score (nSPS) is 17.6. The van der Waals surface area contributed by atoms with Gasteiger partial charge in [0.25, 0.3) is 0 Å². The zero-order valence-corrected chi connectivity index (χ0v) is 19.3. The molecule has 6 nitrogen and oxygen atoms in total. The lowest BCUT2D eigenvalue weighted by Gasteiger charge is -2.30. The molecule has 1 aromatic rings. The summed E-state index contributed by atoms with van der Waals surface area (Å²) in [4.78, 5) is 26.2. The predicted molar refractivity (Wildman–Crippen MR) is 122 cm³/mol. The molecule has 1 saturated heterocycles. The van der Waals surface area contributed by atoms with Crippen LogP contribution in [0.1, 0.15) is 44.7 Å². The Balaban J connectivity index is 0.00000392. The summed E-state index contributed by atoms with van der Waals surface area (Å²) in [6, 6.07) is 7.77. The summed E-state index contributed by atoms with van der Waals surface area (Å²) in [5.74, 6) is 0.311. The number of hydrogen-bond donors (Lipinski definition) is 3. The Bertz CT molecular complexity index is 626. The number of carbonyl (C=O) groups is 2. The minimum Gasteiger partial charge on any atom is -0.350 e.